The van der Waals surface area contributed by atoms with Crippen LogP contribution in [0.15, 0.2) is 55.0 Å². The molecule has 1 aliphatic heterocycles. The molecule has 0 radical (unpaired) electrons. The smallest absolute Gasteiger partial charge is 0.255 e. The van der Waals surface area contributed by atoms with Crippen molar-refractivity contribution in [2.45, 2.75) is 31.9 Å². The molecule has 2 aliphatic rings. The summed E-state index contributed by atoms with van der Waals surface area (Å²) in [5, 5.41) is 0. The summed E-state index contributed by atoms with van der Waals surface area (Å²) in [6.07, 6.45) is 5.20. The number of likely N-dealkylation sites (tertiary alicyclic amines) is 1. The Kier molecular flexibility index (Phi) is 4.10. The Hall–Kier alpha value is -3.35. The van der Waals surface area contributed by atoms with E-state index < -0.39 is 30.4 Å². The van der Waals surface area contributed by atoms with Gasteiger partial charge in [0.2, 0.25) is 5.88 Å². The molecule has 1 saturated carbocycles. The first kappa shape index (κ1) is 16.4. The Morgan fingerprint density at radius 1 is 1.17 bits per heavy atom. The van der Waals surface area contributed by atoms with Crippen molar-refractivity contribution >= 4 is 5.91 Å². The Bertz CT molecular complexity index is 1160. The second-order valence-corrected chi connectivity index (χ2v) is 7.60. The van der Waals surface area contributed by atoms with Gasteiger partial charge in [-0.05, 0) is 49.4 Å². The molecular formula is C23H21FN4O2. The third-order valence-electron chi connectivity index (χ3n) is 5.53. The average Bonchev–Trinajstić information content (AvgIpc) is 3.30. The second-order valence-electron chi connectivity index (χ2n) is 7.60. The number of ether oxygens (including phenoxy) is 1. The molecule has 2 bridgehead atoms. The molecule has 3 unspecified atom stereocenters. The zero-order valence-electron chi connectivity index (χ0n) is 18.3. The number of hydrogen-bond acceptors (Lipinski definition) is 5. The van der Waals surface area contributed by atoms with Crippen LogP contribution in [0.1, 0.15) is 31.5 Å². The van der Waals surface area contributed by atoms with E-state index in [4.69, 9.17) is 7.48 Å². The minimum absolute atomic E-state index is 0.0276. The largest absolute Gasteiger partial charge is 0.472 e. The first-order chi connectivity index (χ1) is 15.4. The Balaban J connectivity index is 1.49. The molecule has 0 N–H and O–H groups in total. The number of pyridine rings is 1. The number of halogens is 1. The predicted molar refractivity (Wildman–Crippen MR) is 108 cm³/mol. The number of carbonyl (C=O) groups excluding carboxylic acids is 1. The fourth-order valence-electron chi connectivity index (χ4n) is 4.15. The minimum Gasteiger partial charge on any atom is -0.472 e. The number of benzene rings is 1. The van der Waals surface area contributed by atoms with E-state index in [2.05, 4.69) is 15.0 Å². The van der Waals surface area contributed by atoms with Crippen LogP contribution in [0.4, 0.5) is 4.39 Å². The lowest BCUT2D eigenvalue weighted by Gasteiger charge is -2.33. The molecular weight excluding hydrogens is 383 g/mol. The molecule has 3 heterocycles. The lowest BCUT2D eigenvalue weighted by molar-refractivity contribution is 0.0467. The lowest BCUT2D eigenvalue weighted by Crippen LogP contribution is -2.47. The van der Waals surface area contributed by atoms with Crippen molar-refractivity contribution in [1.29, 1.82) is 0 Å². The first-order valence-corrected chi connectivity index (χ1v) is 9.85. The molecule has 30 heavy (non-hydrogen) atoms. The van der Waals surface area contributed by atoms with Crippen molar-refractivity contribution in [3.05, 3.63) is 71.9 Å². The molecule has 5 rings (SSSR count). The van der Waals surface area contributed by atoms with E-state index in [9.17, 15) is 9.18 Å². The molecule has 2 aromatic heterocycles. The number of nitrogens with zero attached hydrogens (tertiary/aromatic N) is 4. The van der Waals surface area contributed by atoms with E-state index in [1.807, 2.05) is 13.0 Å². The van der Waals surface area contributed by atoms with E-state index in [0.717, 1.165) is 5.56 Å². The van der Waals surface area contributed by atoms with Crippen LogP contribution in [0.3, 0.4) is 0 Å². The summed E-state index contributed by atoms with van der Waals surface area (Å²) in [4.78, 5) is 27.3. The Morgan fingerprint density at radius 2 is 2.00 bits per heavy atom. The van der Waals surface area contributed by atoms with Crippen molar-refractivity contribution in [3.63, 3.8) is 0 Å². The molecule has 1 saturated heterocycles. The van der Waals surface area contributed by atoms with Gasteiger partial charge in [0, 0.05) is 33.9 Å². The topological polar surface area (TPSA) is 68.2 Å². The monoisotopic (exact) mass is 406 g/mol. The van der Waals surface area contributed by atoms with Gasteiger partial charge in [0.15, 0.2) is 5.82 Å². The highest BCUT2D eigenvalue weighted by Gasteiger charge is 2.48. The van der Waals surface area contributed by atoms with Crippen molar-refractivity contribution in [2.75, 3.05) is 6.50 Å². The van der Waals surface area contributed by atoms with Gasteiger partial charge in [0.1, 0.15) is 11.9 Å². The van der Waals surface area contributed by atoms with Crippen LogP contribution in [0.25, 0.3) is 11.4 Å². The first-order valence-electron chi connectivity index (χ1n) is 10.8. The summed E-state index contributed by atoms with van der Waals surface area (Å²) in [5.41, 5.74) is 0.995. The SMILES string of the molecule is [2H]C1([2H])C2CC(Oc3ccc(C)cn3)C(C2)N1C(=O)c1cccc(F)c1-c1ncccn1. The fourth-order valence-corrected chi connectivity index (χ4v) is 4.15. The van der Waals surface area contributed by atoms with Gasteiger partial charge < -0.3 is 9.64 Å². The van der Waals surface area contributed by atoms with Crippen LogP contribution in [-0.2, 0) is 0 Å². The average molecular weight is 406 g/mol. The van der Waals surface area contributed by atoms with E-state index in [1.54, 1.807) is 18.3 Å². The highest BCUT2D eigenvalue weighted by Crippen LogP contribution is 2.41. The summed E-state index contributed by atoms with van der Waals surface area (Å²) < 4.78 is 38.1. The van der Waals surface area contributed by atoms with Gasteiger partial charge in [-0.25, -0.2) is 19.3 Å². The summed E-state index contributed by atoms with van der Waals surface area (Å²) >= 11 is 0. The van der Waals surface area contributed by atoms with E-state index in [1.165, 1.54) is 35.5 Å². The van der Waals surface area contributed by atoms with Gasteiger partial charge in [0.05, 0.1) is 17.2 Å². The van der Waals surface area contributed by atoms with Crippen LogP contribution < -0.4 is 4.74 Å². The van der Waals surface area contributed by atoms with Crippen LogP contribution in [0, 0.1) is 18.7 Å². The van der Waals surface area contributed by atoms with Crippen molar-refractivity contribution in [3.8, 4) is 17.3 Å². The maximum absolute atomic E-state index is 14.8. The Labute approximate surface area is 176 Å². The third kappa shape index (κ3) is 3.30. The van der Waals surface area contributed by atoms with Crippen molar-refractivity contribution < 1.29 is 16.7 Å². The molecule has 0 spiro atoms. The highest BCUT2D eigenvalue weighted by atomic mass is 19.1. The number of rotatable bonds is 4. The second kappa shape index (κ2) is 7.48. The number of carbonyl (C=O) groups is 1. The molecule has 6 nitrogen and oxygen atoms in total. The number of hydrogen-bond donors (Lipinski definition) is 0. The van der Waals surface area contributed by atoms with Gasteiger partial charge in [-0.3, -0.25) is 4.79 Å². The molecule has 1 aromatic carbocycles. The van der Waals surface area contributed by atoms with Gasteiger partial charge in [-0.15, -0.1) is 0 Å². The van der Waals surface area contributed by atoms with Crippen LogP contribution in [0.5, 0.6) is 5.88 Å². The van der Waals surface area contributed by atoms with Gasteiger partial charge in [-0.1, -0.05) is 12.1 Å². The summed E-state index contributed by atoms with van der Waals surface area (Å²) in [5.74, 6) is -1.10. The van der Waals surface area contributed by atoms with Crippen LogP contribution in [-0.4, -0.2) is 44.4 Å². The van der Waals surface area contributed by atoms with Gasteiger partial charge in [-0.2, -0.15) is 0 Å². The quantitative estimate of drug-likeness (QED) is 0.661. The minimum atomic E-state index is -1.87. The van der Waals surface area contributed by atoms with E-state index >= 15 is 0 Å². The summed E-state index contributed by atoms with van der Waals surface area (Å²) in [6.45, 7) is 0.0553. The molecule has 7 heteroatoms. The van der Waals surface area contributed by atoms with Gasteiger partial charge in [0.25, 0.3) is 5.91 Å². The predicted octanol–water partition coefficient (Wildman–Crippen LogP) is 3.67. The fraction of sp³-hybridized carbons (Fsp3) is 0.304. The number of amides is 1. The number of piperidine rings is 1. The number of aryl methyl sites for hydroxylation is 1. The molecule has 3 aromatic rings. The zero-order valence-corrected chi connectivity index (χ0v) is 16.3. The standard InChI is InChI=1S/C23H21FN4O2/c1-14-6-7-20(27-12-14)30-19-11-15-10-18(19)28(13-15)23(29)16-4-2-5-17(24)21(16)22-25-8-3-9-26-22/h2-9,12,15,18-19H,10-11,13H2,1H3/i13D2. The number of fused-ring (bicyclic) bond motifs is 2. The molecule has 152 valence electrons. The van der Waals surface area contributed by atoms with Crippen LogP contribution in [0.2, 0.25) is 0 Å². The van der Waals surface area contributed by atoms with Gasteiger partial charge >= 0.3 is 0 Å². The van der Waals surface area contributed by atoms with E-state index in [-0.39, 0.29) is 22.9 Å². The van der Waals surface area contributed by atoms with E-state index in [0.29, 0.717) is 18.7 Å². The summed E-state index contributed by atoms with van der Waals surface area (Å²) in [7, 11) is 0. The summed E-state index contributed by atoms with van der Waals surface area (Å²) in [6, 6.07) is 8.92. The Morgan fingerprint density at radius 3 is 2.73 bits per heavy atom. The lowest BCUT2D eigenvalue weighted by atomic mass is 10.0. The zero-order chi connectivity index (χ0) is 22.5. The maximum Gasteiger partial charge on any atom is 0.255 e. The van der Waals surface area contributed by atoms with Crippen LogP contribution >= 0.6 is 0 Å². The molecule has 1 amide bonds. The molecule has 3 atom stereocenters. The normalized spacial score (nSPS) is 25.0. The highest BCUT2D eigenvalue weighted by molar-refractivity contribution is 6.00. The molecule has 2 fully saturated rings. The molecule has 1 aliphatic carbocycles. The van der Waals surface area contributed by atoms with Crippen molar-refractivity contribution in [1.82, 2.24) is 19.9 Å². The maximum atomic E-state index is 14.8. The third-order valence-corrected chi connectivity index (χ3v) is 5.53. The van der Waals surface area contributed by atoms with Crippen molar-refractivity contribution in [2.24, 2.45) is 5.92 Å². The number of aromatic nitrogens is 3.